The Morgan fingerprint density at radius 3 is 0.598 bits per heavy atom. The van der Waals surface area contributed by atoms with Crippen LogP contribution in [-0.2, 0) is 0 Å². The van der Waals surface area contributed by atoms with Gasteiger partial charge in [-0.25, -0.2) is 0 Å². The second-order valence-corrected chi connectivity index (χ2v) is 26.6. The Hall–Kier alpha value is -13.8. The molecule has 0 saturated heterocycles. The number of hydrogen-bond donors (Lipinski definition) is 0. The van der Waals surface area contributed by atoms with Gasteiger partial charge >= 0.3 is 0 Å². The molecule has 4 heterocycles. The number of benzene rings is 16. The largest absolute Gasteiger partial charge is 0.306 e. The van der Waals surface area contributed by atoms with Crippen LogP contribution in [0, 0.1) is 11.3 Å². The van der Waals surface area contributed by atoms with Crippen LogP contribution in [0.5, 0.6) is 0 Å². The normalized spacial score (nSPS) is 11.7. The van der Waals surface area contributed by atoms with E-state index in [0.717, 1.165) is 188 Å². The highest BCUT2D eigenvalue weighted by molar-refractivity contribution is 6.19. The Balaban J connectivity index is 1.05. The van der Waals surface area contributed by atoms with Gasteiger partial charge in [-0.2, -0.15) is 5.26 Å². The van der Waals surface area contributed by atoms with Gasteiger partial charge < -0.3 is 18.3 Å². The number of nitrogens with zero attached hydrogens (tertiary/aromatic N) is 5. The Morgan fingerprint density at radius 2 is 0.363 bits per heavy atom. The highest BCUT2D eigenvalue weighted by atomic mass is 15.1. The van der Waals surface area contributed by atoms with Gasteiger partial charge in [0.15, 0.2) is 0 Å². The number of hydrogen-bond acceptors (Lipinski definition) is 1. The number of rotatable bonds is 11. The molecule has 0 saturated carbocycles. The highest BCUT2D eigenvalue weighted by Crippen LogP contribution is 2.53. The van der Waals surface area contributed by atoms with E-state index >= 15 is 0 Å². The molecular formula is C97H61N5. The molecule has 0 radical (unpaired) electrons. The van der Waals surface area contributed by atoms with Gasteiger partial charge in [0.05, 0.1) is 66.9 Å². The molecule has 0 unspecified atom stereocenters. The first kappa shape index (κ1) is 58.4. The topological polar surface area (TPSA) is 43.5 Å². The molecule has 0 amide bonds. The second-order valence-electron chi connectivity index (χ2n) is 26.6. The van der Waals surface area contributed by atoms with Crippen molar-refractivity contribution in [3.05, 3.63) is 376 Å². The fraction of sp³-hybridized carbons (Fsp3) is 0. The van der Waals surface area contributed by atoms with E-state index in [1.54, 1.807) is 0 Å². The summed E-state index contributed by atoms with van der Waals surface area (Å²) < 4.78 is 9.91. The molecule has 0 N–H and O–H groups in total. The molecule has 474 valence electrons. The van der Waals surface area contributed by atoms with Gasteiger partial charge in [0.25, 0.3) is 0 Å². The molecule has 0 spiro atoms. The third-order valence-electron chi connectivity index (χ3n) is 21.0. The van der Waals surface area contributed by atoms with Crippen LogP contribution < -0.4 is 0 Å². The van der Waals surface area contributed by atoms with E-state index in [-0.39, 0.29) is 0 Å². The predicted octanol–water partition coefficient (Wildman–Crippen LogP) is 25.6. The predicted molar refractivity (Wildman–Crippen MR) is 427 cm³/mol. The van der Waals surface area contributed by atoms with Crippen LogP contribution in [0.1, 0.15) is 5.56 Å². The van der Waals surface area contributed by atoms with Crippen LogP contribution in [0.3, 0.4) is 0 Å². The maximum absolute atomic E-state index is 13.6. The summed E-state index contributed by atoms with van der Waals surface area (Å²) in [7, 11) is 0. The summed E-state index contributed by atoms with van der Waals surface area (Å²) in [6, 6.07) is 138. The Labute approximate surface area is 589 Å². The number of aromatic nitrogens is 4. The SMILES string of the molecule is N#Cc1c(-n2c3ccc(-c4ccccc4)cc3c3cc(-c4ccccc4)ccc32)c(-n2c3ccccc3c3ccccc32)c(-c2ccccc2)c(-n2c3ccc(-c4ccccc4)cc3c3cc(-c4ccccc4)ccc32)c1-n1c2ccc(-c3ccccc3)cc2c2cc(-c3ccccc3)ccc21. The third kappa shape index (κ3) is 9.24. The van der Waals surface area contributed by atoms with Crippen molar-refractivity contribution in [2.45, 2.75) is 0 Å². The Kier molecular flexibility index (Phi) is 13.6. The minimum Gasteiger partial charge on any atom is -0.306 e. The fourth-order valence-corrected chi connectivity index (χ4v) is 16.4. The molecular weight excluding hydrogens is 1240 g/mol. The summed E-state index contributed by atoms with van der Waals surface area (Å²) in [5.74, 6) is 0. The van der Waals surface area contributed by atoms with Crippen LogP contribution in [0.2, 0.25) is 0 Å². The molecule has 16 aromatic carbocycles. The molecule has 0 aliphatic carbocycles. The van der Waals surface area contributed by atoms with E-state index in [1.807, 2.05) is 0 Å². The van der Waals surface area contributed by atoms with E-state index in [4.69, 9.17) is 0 Å². The van der Waals surface area contributed by atoms with Gasteiger partial charge in [0.1, 0.15) is 11.6 Å². The molecule has 0 atom stereocenters. The van der Waals surface area contributed by atoms with Gasteiger partial charge in [-0.1, -0.05) is 285 Å². The molecule has 0 bridgehead atoms. The quantitative estimate of drug-likeness (QED) is 0.127. The van der Waals surface area contributed by atoms with Crippen molar-refractivity contribution in [3.63, 3.8) is 0 Å². The van der Waals surface area contributed by atoms with E-state index in [0.29, 0.717) is 5.56 Å². The number of para-hydroxylation sites is 2. The minimum absolute atomic E-state index is 0.495. The van der Waals surface area contributed by atoms with Crippen molar-refractivity contribution < 1.29 is 0 Å². The van der Waals surface area contributed by atoms with Crippen molar-refractivity contribution >= 4 is 87.2 Å². The average Bonchev–Trinajstić information content (AvgIpc) is 1.47. The lowest BCUT2D eigenvalue weighted by molar-refractivity contribution is 1.04. The first-order valence-corrected chi connectivity index (χ1v) is 34.9. The van der Waals surface area contributed by atoms with Crippen LogP contribution in [0.25, 0.3) is 188 Å². The molecule has 0 fully saturated rings. The first-order valence-electron chi connectivity index (χ1n) is 34.9. The van der Waals surface area contributed by atoms with Crippen LogP contribution in [-0.4, -0.2) is 18.3 Å². The Bertz CT molecular complexity index is 6410. The minimum atomic E-state index is 0.495. The molecule has 0 aliphatic rings. The number of fused-ring (bicyclic) bond motifs is 12. The summed E-state index contributed by atoms with van der Waals surface area (Å²) in [4.78, 5) is 0. The first-order chi connectivity index (χ1) is 50.6. The van der Waals surface area contributed by atoms with Gasteiger partial charge in [-0.15, -0.1) is 0 Å². The number of nitriles is 1. The van der Waals surface area contributed by atoms with E-state index in [9.17, 15) is 5.26 Å². The second kappa shape index (κ2) is 23.7. The van der Waals surface area contributed by atoms with Crippen molar-refractivity contribution in [1.29, 1.82) is 5.26 Å². The lowest BCUT2D eigenvalue weighted by atomic mass is 9.93. The summed E-state index contributed by atoms with van der Waals surface area (Å²) >= 11 is 0. The molecule has 4 aromatic heterocycles. The molecule has 5 nitrogen and oxygen atoms in total. The van der Waals surface area contributed by atoms with Crippen molar-refractivity contribution in [1.82, 2.24) is 18.3 Å². The van der Waals surface area contributed by atoms with Gasteiger partial charge in [0.2, 0.25) is 0 Å². The monoisotopic (exact) mass is 1300 g/mol. The van der Waals surface area contributed by atoms with Crippen LogP contribution >= 0.6 is 0 Å². The maximum atomic E-state index is 13.6. The van der Waals surface area contributed by atoms with Gasteiger partial charge in [0, 0.05) is 48.7 Å². The summed E-state index contributed by atoms with van der Waals surface area (Å²) in [5, 5.41) is 22.3. The third-order valence-corrected chi connectivity index (χ3v) is 21.0. The van der Waals surface area contributed by atoms with E-state index in [2.05, 4.69) is 394 Å². The van der Waals surface area contributed by atoms with Gasteiger partial charge in [-0.05, 0) is 157 Å². The average molecular weight is 1300 g/mol. The zero-order chi connectivity index (χ0) is 67.4. The van der Waals surface area contributed by atoms with E-state index < -0.39 is 0 Å². The lowest BCUT2D eigenvalue weighted by Gasteiger charge is -2.29. The summed E-state index contributed by atoms with van der Waals surface area (Å²) in [5.41, 5.74) is 26.8. The van der Waals surface area contributed by atoms with Crippen molar-refractivity contribution in [2.75, 3.05) is 0 Å². The Morgan fingerprint density at radius 1 is 0.167 bits per heavy atom. The molecule has 0 aliphatic heterocycles. The molecule has 20 aromatic rings. The van der Waals surface area contributed by atoms with Crippen LogP contribution in [0.15, 0.2) is 370 Å². The molecule has 20 rings (SSSR count). The van der Waals surface area contributed by atoms with Crippen molar-refractivity contribution in [2.24, 2.45) is 0 Å². The smallest absolute Gasteiger partial charge is 0.104 e. The lowest BCUT2D eigenvalue weighted by Crippen LogP contribution is -2.16. The maximum Gasteiger partial charge on any atom is 0.104 e. The molecule has 5 heteroatoms. The van der Waals surface area contributed by atoms with Crippen molar-refractivity contribution in [3.8, 4) is 107 Å². The summed E-state index contributed by atoms with van der Waals surface area (Å²) in [6.07, 6.45) is 0. The van der Waals surface area contributed by atoms with Gasteiger partial charge in [-0.3, -0.25) is 0 Å². The summed E-state index contributed by atoms with van der Waals surface area (Å²) in [6.45, 7) is 0. The zero-order valence-corrected chi connectivity index (χ0v) is 55.5. The fourth-order valence-electron chi connectivity index (χ4n) is 16.4. The van der Waals surface area contributed by atoms with E-state index in [1.165, 1.54) is 0 Å². The highest BCUT2D eigenvalue weighted by Gasteiger charge is 2.36. The zero-order valence-electron chi connectivity index (χ0n) is 55.5. The standard InChI is InChI=1S/C97H61N5/c98-62-84-94(99-87-50-44-70(63-26-8-1-9-27-63)56-78(87)79-57-71(45-51-88(79)99)64-28-10-2-11-29-64)96(101-85-42-24-22-40-76(85)77-41-23-25-43-86(77)101)93(69-38-20-7-21-39-69)97(102-91-54-48-74(67-34-16-5-17-35-67)60-82(91)83-61-75(49-55-92(83)102)68-36-18-6-19-37-68)95(84)100-89-52-46-72(65-30-12-3-13-31-65)58-80(89)81-59-73(47-53-90(81)100)66-32-14-4-15-33-66/h1-61H. The van der Waals surface area contributed by atoms with Crippen LogP contribution in [0.4, 0.5) is 0 Å². The molecule has 102 heavy (non-hydrogen) atoms.